The first-order valence-electron chi connectivity index (χ1n) is 7.09. The van der Waals surface area contributed by atoms with E-state index in [9.17, 15) is 0 Å². The van der Waals surface area contributed by atoms with Gasteiger partial charge in [0.2, 0.25) is 0 Å². The minimum atomic E-state index is -1.57. The van der Waals surface area contributed by atoms with Gasteiger partial charge in [0.1, 0.15) is 0 Å². The van der Waals surface area contributed by atoms with Crippen LogP contribution in [0.1, 0.15) is 17.2 Å². The lowest BCUT2D eigenvalue weighted by Crippen LogP contribution is -2.38. The summed E-state index contributed by atoms with van der Waals surface area (Å²) in [5.41, 5.74) is 2.74. The third-order valence-electron chi connectivity index (χ3n) is 3.11. The molecule has 0 radical (unpaired) electrons. The second kappa shape index (κ2) is 5.16. The lowest BCUT2D eigenvalue weighted by atomic mass is 10.1. The summed E-state index contributed by atoms with van der Waals surface area (Å²) in [4.78, 5) is 0. The van der Waals surface area contributed by atoms with E-state index in [2.05, 4.69) is 63.5 Å². The zero-order valence-corrected chi connectivity index (χ0v) is 15.0. The molecule has 0 aliphatic heterocycles. The van der Waals surface area contributed by atoms with Crippen LogP contribution in [0.4, 0.5) is 0 Å². The Bertz CT molecular complexity index is 446. The molecule has 1 aliphatic rings. The van der Waals surface area contributed by atoms with Crippen LogP contribution in [0.5, 0.6) is 0 Å². The van der Waals surface area contributed by atoms with E-state index in [4.69, 9.17) is 8.85 Å². The van der Waals surface area contributed by atoms with Crippen molar-refractivity contribution in [1.82, 2.24) is 0 Å². The highest BCUT2D eigenvalue weighted by Gasteiger charge is 2.38. The minimum Gasteiger partial charge on any atom is -0.411 e. The highest BCUT2D eigenvalue weighted by Crippen LogP contribution is 2.39. The average Bonchev–Trinajstić information content (AvgIpc) is 2.52. The van der Waals surface area contributed by atoms with Crippen molar-refractivity contribution < 1.29 is 8.85 Å². The van der Waals surface area contributed by atoms with E-state index in [1.807, 2.05) is 0 Å². The average molecular weight is 295 g/mol. The highest BCUT2D eigenvalue weighted by atomic mass is 28.4. The van der Waals surface area contributed by atoms with Gasteiger partial charge in [-0.25, -0.2) is 0 Å². The Hall–Kier alpha value is -0.426. The number of hydrogen-bond donors (Lipinski definition) is 0. The molecule has 2 rings (SSSR count). The van der Waals surface area contributed by atoms with Crippen LogP contribution in [0.15, 0.2) is 24.3 Å². The van der Waals surface area contributed by atoms with Gasteiger partial charge in [-0.2, -0.15) is 0 Å². The van der Waals surface area contributed by atoms with Crippen molar-refractivity contribution in [3.63, 3.8) is 0 Å². The molecule has 1 aromatic carbocycles. The monoisotopic (exact) mass is 294 g/mol. The molecule has 0 aromatic heterocycles. The van der Waals surface area contributed by atoms with Gasteiger partial charge in [0.05, 0.1) is 12.2 Å². The van der Waals surface area contributed by atoms with Crippen LogP contribution in [0, 0.1) is 0 Å². The topological polar surface area (TPSA) is 18.5 Å². The van der Waals surface area contributed by atoms with Gasteiger partial charge in [-0.05, 0) is 50.4 Å². The van der Waals surface area contributed by atoms with Gasteiger partial charge in [0.15, 0.2) is 16.6 Å². The lowest BCUT2D eigenvalue weighted by molar-refractivity contribution is 0.0571. The molecule has 0 N–H and O–H groups in total. The quantitative estimate of drug-likeness (QED) is 0.768. The number of hydrogen-bond acceptors (Lipinski definition) is 2. The lowest BCUT2D eigenvalue weighted by Gasteiger charge is -2.32. The van der Waals surface area contributed by atoms with Crippen molar-refractivity contribution in [2.75, 3.05) is 0 Å². The summed E-state index contributed by atoms with van der Waals surface area (Å²) in [6.07, 6.45) is 1.33. The second-order valence-electron chi connectivity index (χ2n) is 7.32. The minimum absolute atomic E-state index is 0.134. The van der Waals surface area contributed by atoms with Gasteiger partial charge in [0.25, 0.3) is 0 Å². The van der Waals surface area contributed by atoms with Crippen LogP contribution >= 0.6 is 0 Å². The number of benzene rings is 1. The number of rotatable bonds is 4. The first-order chi connectivity index (χ1) is 8.66. The third-order valence-corrected chi connectivity index (χ3v) is 5.08. The van der Waals surface area contributed by atoms with E-state index in [0.29, 0.717) is 0 Å². The zero-order chi connectivity index (χ0) is 14.3. The van der Waals surface area contributed by atoms with Crippen LogP contribution in [-0.4, -0.2) is 22.7 Å². The van der Waals surface area contributed by atoms with Crippen molar-refractivity contribution in [2.24, 2.45) is 0 Å². The standard InChI is InChI=1S/C15H26O2Si2/c1-18(2,3)16-14-11-12-9-7-8-10-13(12)15(14)17-19(4,5)6/h7-10,14-15H,11H2,1-6H3/t14-,15+/m0/s1. The molecular formula is C15H26O2Si2. The van der Waals surface area contributed by atoms with Crippen LogP contribution in [0.3, 0.4) is 0 Å². The summed E-state index contributed by atoms with van der Waals surface area (Å²) in [5.74, 6) is 0. The van der Waals surface area contributed by atoms with Crippen LogP contribution in [0.2, 0.25) is 39.3 Å². The molecule has 106 valence electrons. The first-order valence-corrected chi connectivity index (χ1v) is 13.9. The van der Waals surface area contributed by atoms with E-state index in [-0.39, 0.29) is 12.2 Å². The Morgan fingerprint density at radius 1 is 0.895 bits per heavy atom. The molecule has 0 heterocycles. The molecule has 0 unspecified atom stereocenters. The smallest absolute Gasteiger partial charge is 0.184 e. The molecule has 0 fully saturated rings. The summed E-state index contributed by atoms with van der Waals surface area (Å²) in [7, 11) is -3.12. The van der Waals surface area contributed by atoms with Crippen LogP contribution in [-0.2, 0) is 15.3 Å². The van der Waals surface area contributed by atoms with Crippen LogP contribution in [0.25, 0.3) is 0 Å². The maximum Gasteiger partial charge on any atom is 0.184 e. The van der Waals surface area contributed by atoms with Crippen molar-refractivity contribution in [3.05, 3.63) is 35.4 Å². The molecule has 1 aromatic rings. The van der Waals surface area contributed by atoms with Crippen molar-refractivity contribution >= 4 is 16.6 Å². The van der Waals surface area contributed by atoms with Gasteiger partial charge < -0.3 is 8.85 Å². The van der Waals surface area contributed by atoms with Crippen molar-refractivity contribution in [3.8, 4) is 0 Å². The van der Waals surface area contributed by atoms with Gasteiger partial charge in [-0.1, -0.05) is 24.3 Å². The summed E-state index contributed by atoms with van der Waals surface area (Å²) in [5, 5.41) is 0. The van der Waals surface area contributed by atoms with E-state index < -0.39 is 16.6 Å². The van der Waals surface area contributed by atoms with Crippen molar-refractivity contribution in [1.29, 1.82) is 0 Å². The molecule has 2 nitrogen and oxygen atoms in total. The predicted octanol–water partition coefficient (Wildman–Crippen LogP) is 4.36. The molecule has 4 heteroatoms. The summed E-state index contributed by atoms with van der Waals surface area (Å²) in [6, 6.07) is 8.63. The highest BCUT2D eigenvalue weighted by molar-refractivity contribution is 6.70. The molecule has 0 bridgehead atoms. The zero-order valence-electron chi connectivity index (χ0n) is 13.0. The van der Waals surface area contributed by atoms with Gasteiger partial charge in [-0.3, -0.25) is 0 Å². The Labute approximate surface area is 119 Å². The molecule has 19 heavy (non-hydrogen) atoms. The van der Waals surface area contributed by atoms with E-state index in [1.165, 1.54) is 11.1 Å². The molecule has 2 atom stereocenters. The molecule has 1 aliphatic carbocycles. The molecule has 0 saturated carbocycles. The van der Waals surface area contributed by atoms with Gasteiger partial charge in [-0.15, -0.1) is 0 Å². The largest absolute Gasteiger partial charge is 0.411 e. The molecule has 0 amide bonds. The normalized spacial score (nSPS) is 23.5. The predicted molar refractivity (Wildman–Crippen MR) is 85.5 cm³/mol. The first kappa shape index (κ1) is 15.0. The van der Waals surface area contributed by atoms with Gasteiger partial charge in [0, 0.05) is 6.42 Å². The summed E-state index contributed by atoms with van der Waals surface area (Å²) in [6.45, 7) is 13.5. The molecule has 0 saturated heterocycles. The van der Waals surface area contributed by atoms with Crippen LogP contribution < -0.4 is 0 Å². The number of fused-ring (bicyclic) bond motifs is 1. The maximum absolute atomic E-state index is 6.42. The molecular weight excluding hydrogens is 268 g/mol. The summed E-state index contributed by atoms with van der Waals surface area (Å²) < 4.78 is 12.8. The fourth-order valence-electron chi connectivity index (χ4n) is 2.60. The Balaban J connectivity index is 2.26. The molecule has 0 spiro atoms. The second-order valence-corrected chi connectivity index (χ2v) is 16.2. The Kier molecular flexibility index (Phi) is 4.07. The Morgan fingerprint density at radius 3 is 2.05 bits per heavy atom. The van der Waals surface area contributed by atoms with E-state index >= 15 is 0 Å². The third kappa shape index (κ3) is 4.02. The van der Waals surface area contributed by atoms with E-state index in [0.717, 1.165) is 6.42 Å². The van der Waals surface area contributed by atoms with E-state index in [1.54, 1.807) is 0 Å². The van der Waals surface area contributed by atoms with Crippen molar-refractivity contribution in [2.45, 2.75) is 57.9 Å². The van der Waals surface area contributed by atoms with Gasteiger partial charge >= 0.3 is 0 Å². The summed E-state index contributed by atoms with van der Waals surface area (Å²) >= 11 is 0. The SMILES string of the molecule is C[Si](C)(C)O[C@H]1Cc2ccccc2[C@H]1O[Si](C)(C)C. The fraction of sp³-hybridized carbons (Fsp3) is 0.600. The maximum atomic E-state index is 6.42. The Morgan fingerprint density at radius 2 is 1.47 bits per heavy atom. The fourth-order valence-corrected chi connectivity index (χ4v) is 4.76.